The van der Waals surface area contributed by atoms with Gasteiger partial charge < -0.3 is 10.2 Å². The summed E-state index contributed by atoms with van der Waals surface area (Å²) in [6, 6.07) is 18.7. The van der Waals surface area contributed by atoms with Crippen LogP contribution in [0.5, 0.6) is 0 Å². The average Bonchev–Trinajstić information content (AvgIpc) is 2.88. The van der Waals surface area contributed by atoms with Crippen LogP contribution < -0.4 is 9.62 Å². The summed E-state index contributed by atoms with van der Waals surface area (Å²) in [5.41, 5.74) is 3.88. The second-order valence-corrected chi connectivity index (χ2v) is 13.4. The lowest BCUT2D eigenvalue weighted by atomic mass is 10.1. The number of hydrogen-bond donors (Lipinski definition) is 1. The summed E-state index contributed by atoms with van der Waals surface area (Å²) < 4.78 is 29.9. The van der Waals surface area contributed by atoms with E-state index in [1.165, 1.54) is 4.90 Å². The second kappa shape index (κ2) is 13.5. The van der Waals surface area contributed by atoms with Crippen LogP contribution in [0.3, 0.4) is 0 Å². The Morgan fingerprint density at radius 1 is 0.875 bits per heavy atom. The van der Waals surface area contributed by atoms with E-state index in [1.54, 1.807) is 43.3 Å². The van der Waals surface area contributed by atoms with Crippen molar-refractivity contribution in [3.63, 3.8) is 0 Å². The first-order chi connectivity index (χ1) is 18.8. The number of anilines is 1. The first-order valence-corrected chi connectivity index (χ1v) is 15.5. The Kier molecular flexibility index (Phi) is 10.6. The van der Waals surface area contributed by atoms with E-state index < -0.39 is 28.5 Å². The van der Waals surface area contributed by atoms with Gasteiger partial charge in [-0.15, -0.1) is 0 Å². The lowest BCUT2D eigenvalue weighted by Crippen LogP contribution is -2.51. The Morgan fingerprint density at radius 3 is 2.08 bits per heavy atom. The van der Waals surface area contributed by atoms with Crippen LogP contribution in [0.15, 0.2) is 76.1 Å². The Bertz CT molecular complexity index is 1440. The fourth-order valence-corrected chi connectivity index (χ4v) is 6.17. The molecule has 0 aliphatic rings. The standard InChI is InChI=1S/C31H38BrN3O4S/c1-21(2)18-33-31(37)25(6)34(19-26-8-7-9-27(32)17-26)30(36)20-35(28-15-23(4)14-24(5)16-28)40(38,39)29-12-10-22(3)11-13-29/h7-17,21,25H,18-20H2,1-6H3,(H,33,37). The zero-order valence-electron chi connectivity index (χ0n) is 23.9. The van der Waals surface area contributed by atoms with E-state index in [0.717, 1.165) is 31.0 Å². The van der Waals surface area contributed by atoms with Gasteiger partial charge in [-0.3, -0.25) is 13.9 Å². The van der Waals surface area contributed by atoms with Gasteiger partial charge >= 0.3 is 0 Å². The fourth-order valence-electron chi connectivity index (χ4n) is 4.33. The predicted molar refractivity (Wildman–Crippen MR) is 164 cm³/mol. The molecule has 9 heteroatoms. The lowest BCUT2D eigenvalue weighted by Gasteiger charge is -2.32. The molecule has 3 rings (SSSR count). The summed E-state index contributed by atoms with van der Waals surface area (Å²) in [6.45, 7) is 11.5. The van der Waals surface area contributed by atoms with Crippen molar-refractivity contribution in [2.45, 2.75) is 59.0 Å². The first-order valence-electron chi connectivity index (χ1n) is 13.3. The fraction of sp³-hybridized carbons (Fsp3) is 0.355. The summed E-state index contributed by atoms with van der Waals surface area (Å²) in [5.74, 6) is -0.538. The van der Waals surface area contributed by atoms with Crippen molar-refractivity contribution in [1.29, 1.82) is 0 Å². The SMILES string of the molecule is Cc1ccc(S(=O)(=O)N(CC(=O)N(Cc2cccc(Br)c2)C(C)C(=O)NCC(C)C)c2cc(C)cc(C)c2)cc1. The lowest BCUT2D eigenvalue weighted by molar-refractivity contribution is -0.139. The molecule has 0 radical (unpaired) electrons. The molecule has 0 fully saturated rings. The number of carbonyl (C=O) groups is 2. The third-order valence-electron chi connectivity index (χ3n) is 6.48. The van der Waals surface area contributed by atoms with E-state index in [-0.39, 0.29) is 23.3 Å². The van der Waals surface area contributed by atoms with Crippen molar-refractivity contribution in [3.8, 4) is 0 Å². The molecule has 0 aliphatic carbocycles. The van der Waals surface area contributed by atoms with Crippen LogP contribution in [0.2, 0.25) is 0 Å². The van der Waals surface area contributed by atoms with Crippen molar-refractivity contribution in [1.82, 2.24) is 10.2 Å². The Labute approximate surface area is 246 Å². The maximum atomic E-state index is 14.0. The molecule has 0 aromatic heterocycles. The molecule has 0 spiro atoms. The molecular weight excluding hydrogens is 590 g/mol. The van der Waals surface area contributed by atoms with Gasteiger partial charge in [-0.1, -0.05) is 65.7 Å². The van der Waals surface area contributed by atoms with E-state index in [9.17, 15) is 18.0 Å². The zero-order chi connectivity index (χ0) is 29.6. The number of amides is 2. The van der Waals surface area contributed by atoms with Crippen molar-refractivity contribution in [3.05, 3.63) is 93.5 Å². The van der Waals surface area contributed by atoms with Crippen molar-refractivity contribution >= 4 is 43.5 Å². The van der Waals surface area contributed by atoms with Gasteiger partial charge in [-0.2, -0.15) is 0 Å². The van der Waals surface area contributed by atoms with E-state index >= 15 is 0 Å². The van der Waals surface area contributed by atoms with Gasteiger partial charge in [0.1, 0.15) is 12.6 Å². The first kappa shape index (κ1) is 31.4. The number of sulfonamides is 1. The van der Waals surface area contributed by atoms with Gasteiger partial charge in [-0.25, -0.2) is 8.42 Å². The molecule has 3 aromatic rings. The van der Waals surface area contributed by atoms with Gasteiger partial charge in [0.2, 0.25) is 11.8 Å². The van der Waals surface area contributed by atoms with E-state index in [4.69, 9.17) is 0 Å². The Hall–Kier alpha value is -3.17. The number of carbonyl (C=O) groups excluding carboxylic acids is 2. The smallest absolute Gasteiger partial charge is 0.264 e. The van der Waals surface area contributed by atoms with Crippen LogP contribution in [0, 0.1) is 26.7 Å². The number of benzene rings is 3. The molecule has 214 valence electrons. The van der Waals surface area contributed by atoms with Crippen molar-refractivity contribution < 1.29 is 18.0 Å². The van der Waals surface area contributed by atoms with Crippen molar-refractivity contribution in [2.24, 2.45) is 5.92 Å². The normalized spacial score (nSPS) is 12.2. The molecule has 1 unspecified atom stereocenters. The highest BCUT2D eigenvalue weighted by atomic mass is 79.9. The quantitative estimate of drug-likeness (QED) is 0.293. The monoisotopic (exact) mass is 627 g/mol. The predicted octanol–water partition coefficient (Wildman–Crippen LogP) is 5.76. The van der Waals surface area contributed by atoms with Crippen LogP contribution in [0.4, 0.5) is 5.69 Å². The molecule has 0 bridgehead atoms. The molecule has 0 saturated heterocycles. The minimum Gasteiger partial charge on any atom is -0.354 e. The van der Waals surface area contributed by atoms with Gasteiger partial charge in [0, 0.05) is 17.6 Å². The number of aryl methyl sites for hydroxylation is 3. The maximum Gasteiger partial charge on any atom is 0.264 e. The summed E-state index contributed by atoms with van der Waals surface area (Å²) in [6.07, 6.45) is 0. The average molecular weight is 629 g/mol. The molecule has 1 atom stereocenters. The number of nitrogens with zero attached hydrogens (tertiary/aromatic N) is 2. The van der Waals surface area contributed by atoms with Gasteiger partial charge in [-0.05, 0) is 86.7 Å². The zero-order valence-corrected chi connectivity index (χ0v) is 26.3. The molecule has 1 N–H and O–H groups in total. The van der Waals surface area contributed by atoms with E-state index in [0.29, 0.717) is 12.2 Å². The Balaban J connectivity index is 2.05. The Morgan fingerprint density at radius 2 is 1.50 bits per heavy atom. The molecule has 3 aromatic carbocycles. The molecule has 2 amide bonds. The topological polar surface area (TPSA) is 86.8 Å². The molecule has 0 heterocycles. The molecule has 0 saturated carbocycles. The summed E-state index contributed by atoms with van der Waals surface area (Å²) >= 11 is 3.47. The number of halogens is 1. The van der Waals surface area contributed by atoms with Gasteiger partial charge in [0.25, 0.3) is 10.0 Å². The molecule has 0 aliphatic heterocycles. The number of nitrogens with one attached hydrogen (secondary N) is 1. The molecule has 7 nitrogen and oxygen atoms in total. The third kappa shape index (κ3) is 8.17. The van der Waals surface area contributed by atoms with Crippen LogP contribution in [0.1, 0.15) is 43.0 Å². The molecule has 40 heavy (non-hydrogen) atoms. The van der Waals surface area contributed by atoms with Crippen LogP contribution in [0.25, 0.3) is 0 Å². The van der Waals surface area contributed by atoms with Crippen LogP contribution >= 0.6 is 15.9 Å². The summed E-state index contributed by atoms with van der Waals surface area (Å²) in [4.78, 5) is 28.7. The molecular formula is C31H38BrN3O4S. The van der Waals surface area contributed by atoms with Crippen LogP contribution in [-0.2, 0) is 26.2 Å². The maximum absolute atomic E-state index is 14.0. The largest absolute Gasteiger partial charge is 0.354 e. The summed E-state index contributed by atoms with van der Waals surface area (Å²) in [7, 11) is -4.10. The number of hydrogen-bond acceptors (Lipinski definition) is 4. The van der Waals surface area contributed by atoms with Crippen LogP contribution in [-0.4, -0.2) is 44.3 Å². The van der Waals surface area contributed by atoms with Gasteiger partial charge in [0.05, 0.1) is 10.6 Å². The second-order valence-electron chi connectivity index (χ2n) is 10.6. The van der Waals surface area contributed by atoms with E-state index in [2.05, 4.69) is 21.2 Å². The highest BCUT2D eigenvalue weighted by Gasteiger charge is 2.32. The van der Waals surface area contributed by atoms with Crippen molar-refractivity contribution in [2.75, 3.05) is 17.4 Å². The highest BCUT2D eigenvalue weighted by molar-refractivity contribution is 9.10. The minimum absolute atomic E-state index is 0.0892. The summed E-state index contributed by atoms with van der Waals surface area (Å²) in [5, 5.41) is 2.90. The third-order valence-corrected chi connectivity index (χ3v) is 8.76. The van der Waals surface area contributed by atoms with Gasteiger partial charge in [0.15, 0.2) is 0 Å². The highest BCUT2D eigenvalue weighted by Crippen LogP contribution is 2.27. The number of rotatable bonds is 11. The van der Waals surface area contributed by atoms with E-state index in [1.807, 2.05) is 65.0 Å². The minimum atomic E-state index is -4.10.